The van der Waals surface area contributed by atoms with E-state index in [9.17, 15) is 0 Å². The van der Waals surface area contributed by atoms with Crippen LogP contribution >= 0.6 is 15.9 Å². The number of hydrogen-bond acceptors (Lipinski definition) is 3. The first-order chi connectivity index (χ1) is 8.71. The highest BCUT2D eigenvalue weighted by molar-refractivity contribution is 9.10. The topological polar surface area (TPSA) is 56.7 Å². The molecule has 0 atom stereocenters. The second-order valence-electron chi connectivity index (χ2n) is 5.88. The van der Waals surface area contributed by atoms with E-state index in [2.05, 4.69) is 73.0 Å². The Morgan fingerprint density at radius 2 is 1.68 bits per heavy atom. The molecule has 102 valence electrons. The van der Waals surface area contributed by atoms with Crippen LogP contribution in [-0.2, 0) is 5.41 Å². The number of nitrogens with zero attached hydrogens (tertiary/aromatic N) is 3. The van der Waals surface area contributed by atoms with Crippen molar-refractivity contribution in [3.63, 3.8) is 0 Å². The Labute approximate surface area is 122 Å². The Morgan fingerprint density at radius 1 is 1.16 bits per heavy atom. The Bertz CT molecular complexity index is 600. The van der Waals surface area contributed by atoms with E-state index in [4.69, 9.17) is 5.73 Å². The molecule has 19 heavy (non-hydrogen) atoms. The molecule has 0 amide bonds. The van der Waals surface area contributed by atoms with Crippen LogP contribution in [0.25, 0.3) is 5.69 Å². The van der Waals surface area contributed by atoms with E-state index >= 15 is 0 Å². The molecule has 0 radical (unpaired) electrons. The molecule has 4 nitrogen and oxygen atoms in total. The van der Waals surface area contributed by atoms with E-state index in [1.165, 1.54) is 11.1 Å². The van der Waals surface area contributed by atoms with E-state index in [1.54, 1.807) is 0 Å². The fourth-order valence-electron chi connectivity index (χ4n) is 2.22. The van der Waals surface area contributed by atoms with Gasteiger partial charge in [0, 0.05) is 9.89 Å². The number of benzene rings is 1. The Kier molecular flexibility index (Phi) is 3.43. The molecule has 0 bridgehead atoms. The van der Waals surface area contributed by atoms with E-state index < -0.39 is 0 Å². The first-order valence-corrected chi connectivity index (χ1v) is 7.00. The molecule has 0 unspecified atom stereocenters. The van der Waals surface area contributed by atoms with Gasteiger partial charge in [-0.3, -0.25) is 0 Å². The van der Waals surface area contributed by atoms with Crippen LogP contribution in [0.15, 0.2) is 16.6 Å². The van der Waals surface area contributed by atoms with Crippen molar-refractivity contribution >= 4 is 21.7 Å². The summed E-state index contributed by atoms with van der Waals surface area (Å²) < 4.78 is 2.96. The van der Waals surface area contributed by atoms with Crippen LogP contribution in [0.5, 0.6) is 0 Å². The molecule has 1 aromatic carbocycles. The lowest BCUT2D eigenvalue weighted by molar-refractivity contribution is 0.544. The van der Waals surface area contributed by atoms with Gasteiger partial charge in [-0.25, -0.2) is 4.68 Å². The first-order valence-electron chi connectivity index (χ1n) is 6.20. The smallest absolute Gasteiger partial charge is 0.170 e. The maximum atomic E-state index is 5.97. The van der Waals surface area contributed by atoms with E-state index in [0.29, 0.717) is 5.82 Å². The molecular weight excluding hydrogens is 304 g/mol. The fraction of sp³-hybridized carbons (Fsp3) is 0.429. The fourth-order valence-corrected chi connectivity index (χ4v) is 2.45. The molecule has 2 rings (SSSR count). The lowest BCUT2D eigenvalue weighted by atomic mass is 9.91. The quantitative estimate of drug-likeness (QED) is 0.873. The van der Waals surface area contributed by atoms with Crippen molar-refractivity contribution in [2.45, 2.75) is 40.0 Å². The summed E-state index contributed by atoms with van der Waals surface area (Å²) in [7, 11) is 0. The Balaban J connectivity index is 2.67. The van der Waals surface area contributed by atoms with Gasteiger partial charge in [0.1, 0.15) is 0 Å². The average molecular weight is 323 g/mol. The number of aromatic nitrogens is 3. The van der Waals surface area contributed by atoms with Crippen LogP contribution in [0.1, 0.15) is 37.6 Å². The molecule has 2 aromatic rings. The van der Waals surface area contributed by atoms with Gasteiger partial charge in [-0.15, -0.1) is 5.10 Å². The van der Waals surface area contributed by atoms with Crippen LogP contribution in [0.4, 0.5) is 5.82 Å². The lowest BCUT2D eigenvalue weighted by Crippen LogP contribution is -2.19. The number of nitrogens with two attached hydrogens (primary N) is 1. The third kappa shape index (κ3) is 2.52. The zero-order valence-corrected chi connectivity index (χ0v) is 13.5. The number of hydrogen-bond donors (Lipinski definition) is 1. The predicted molar refractivity (Wildman–Crippen MR) is 81.6 cm³/mol. The van der Waals surface area contributed by atoms with Crippen molar-refractivity contribution < 1.29 is 0 Å². The maximum absolute atomic E-state index is 5.97. The summed E-state index contributed by atoms with van der Waals surface area (Å²) in [5.74, 6) is 0.491. The molecule has 1 aromatic heterocycles. The van der Waals surface area contributed by atoms with Gasteiger partial charge in [0.2, 0.25) is 0 Å². The molecule has 0 saturated heterocycles. The minimum atomic E-state index is -0.109. The normalized spacial score (nSPS) is 11.9. The van der Waals surface area contributed by atoms with Crippen LogP contribution in [0.3, 0.4) is 0 Å². The van der Waals surface area contributed by atoms with Crippen molar-refractivity contribution in [3.8, 4) is 5.69 Å². The third-order valence-corrected chi connectivity index (χ3v) is 4.32. The third-order valence-electron chi connectivity index (χ3n) is 3.07. The first kappa shape index (κ1) is 14.1. The van der Waals surface area contributed by atoms with Gasteiger partial charge in [-0.2, -0.15) is 0 Å². The molecule has 1 heterocycles. The second kappa shape index (κ2) is 4.63. The molecule has 0 aliphatic rings. The SMILES string of the molecule is Cc1cc(-n2nnc(N)c2C(C)(C)C)cc(C)c1Br. The minimum absolute atomic E-state index is 0.109. The maximum Gasteiger partial charge on any atom is 0.170 e. The summed E-state index contributed by atoms with van der Waals surface area (Å²) in [5.41, 5.74) is 10.1. The number of aryl methyl sites for hydroxylation is 2. The highest BCUT2D eigenvalue weighted by atomic mass is 79.9. The molecule has 0 fully saturated rings. The van der Waals surface area contributed by atoms with E-state index in [0.717, 1.165) is 15.9 Å². The molecule has 2 N–H and O–H groups in total. The summed E-state index contributed by atoms with van der Waals surface area (Å²) in [6.07, 6.45) is 0. The summed E-state index contributed by atoms with van der Waals surface area (Å²) in [4.78, 5) is 0. The average Bonchev–Trinajstić information content (AvgIpc) is 2.67. The molecular formula is C14H19BrN4. The van der Waals surface area contributed by atoms with Crippen LogP contribution < -0.4 is 5.73 Å². The monoisotopic (exact) mass is 322 g/mol. The van der Waals surface area contributed by atoms with E-state index in [1.807, 2.05) is 4.68 Å². The minimum Gasteiger partial charge on any atom is -0.381 e. The van der Waals surface area contributed by atoms with Crippen molar-refractivity contribution in [1.29, 1.82) is 0 Å². The van der Waals surface area contributed by atoms with Gasteiger partial charge in [0.05, 0.1) is 11.4 Å². The Hall–Kier alpha value is -1.36. The highest BCUT2D eigenvalue weighted by Crippen LogP contribution is 2.30. The molecule has 0 spiro atoms. The van der Waals surface area contributed by atoms with Crippen molar-refractivity contribution in [2.24, 2.45) is 0 Å². The standard InChI is InChI=1S/C14H19BrN4/c1-8-6-10(7-9(2)11(8)15)19-12(14(3,4)5)13(16)17-18-19/h6-7H,16H2,1-5H3. The highest BCUT2D eigenvalue weighted by Gasteiger charge is 2.25. The zero-order valence-electron chi connectivity index (χ0n) is 12.0. The number of halogens is 1. The van der Waals surface area contributed by atoms with Gasteiger partial charge in [-0.1, -0.05) is 41.9 Å². The van der Waals surface area contributed by atoms with Gasteiger partial charge in [0.15, 0.2) is 5.82 Å². The second-order valence-corrected chi connectivity index (χ2v) is 6.67. The van der Waals surface area contributed by atoms with Gasteiger partial charge in [0.25, 0.3) is 0 Å². The largest absolute Gasteiger partial charge is 0.381 e. The number of anilines is 1. The molecule has 0 aliphatic heterocycles. The summed E-state index contributed by atoms with van der Waals surface area (Å²) in [5, 5.41) is 8.21. The summed E-state index contributed by atoms with van der Waals surface area (Å²) >= 11 is 3.58. The van der Waals surface area contributed by atoms with Gasteiger partial charge < -0.3 is 5.73 Å². The number of nitrogen functional groups attached to an aromatic ring is 1. The van der Waals surface area contributed by atoms with Crippen LogP contribution in [0, 0.1) is 13.8 Å². The summed E-state index contributed by atoms with van der Waals surface area (Å²) in [6.45, 7) is 10.5. The number of rotatable bonds is 1. The van der Waals surface area contributed by atoms with Gasteiger partial charge >= 0.3 is 0 Å². The van der Waals surface area contributed by atoms with Crippen molar-refractivity contribution in [1.82, 2.24) is 15.0 Å². The lowest BCUT2D eigenvalue weighted by Gasteiger charge is -2.20. The van der Waals surface area contributed by atoms with Crippen LogP contribution in [-0.4, -0.2) is 15.0 Å². The Morgan fingerprint density at radius 3 is 2.16 bits per heavy atom. The van der Waals surface area contributed by atoms with Crippen LogP contribution in [0.2, 0.25) is 0 Å². The summed E-state index contributed by atoms with van der Waals surface area (Å²) in [6, 6.07) is 4.17. The van der Waals surface area contributed by atoms with Gasteiger partial charge in [-0.05, 0) is 37.1 Å². The van der Waals surface area contributed by atoms with Crippen molar-refractivity contribution in [2.75, 3.05) is 5.73 Å². The predicted octanol–water partition coefficient (Wildman–Crippen LogP) is 3.53. The molecule has 5 heteroatoms. The van der Waals surface area contributed by atoms with Crippen molar-refractivity contribution in [3.05, 3.63) is 33.4 Å². The zero-order chi connectivity index (χ0) is 14.4. The molecule has 0 saturated carbocycles. The van der Waals surface area contributed by atoms with E-state index in [-0.39, 0.29) is 5.41 Å². The molecule has 0 aliphatic carbocycles.